The van der Waals surface area contributed by atoms with Crippen LogP contribution in [-0.4, -0.2) is 33.9 Å². The molecule has 0 unspecified atom stereocenters. The first-order valence-electron chi connectivity index (χ1n) is 4.53. The van der Waals surface area contributed by atoms with E-state index < -0.39 is 0 Å². The van der Waals surface area contributed by atoms with Gasteiger partial charge in [0.2, 0.25) is 0 Å². The molecule has 1 aliphatic heterocycles. The number of nitrogens with zero attached hydrogens (tertiary/aromatic N) is 2. The van der Waals surface area contributed by atoms with Crippen LogP contribution in [0.4, 0.5) is 0 Å². The number of nitrogens with one attached hydrogen (secondary N) is 1. The number of rotatable bonds is 3. The maximum absolute atomic E-state index is 11.4. The SMILES string of the molecule is O=C(NC[C@H]1CCCO1)c1cnsn1. The van der Waals surface area contributed by atoms with Gasteiger partial charge in [0.1, 0.15) is 0 Å². The molecule has 1 fully saturated rings. The van der Waals surface area contributed by atoms with Gasteiger partial charge in [-0.05, 0) is 12.8 Å². The summed E-state index contributed by atoms with van der Waals surface area (Å²) >= 11 is 1.03. The average molecular weight is 213 g/mol. The van der Waals surface area contributed by atoms with E-state index in [0.29, 0.717) is 12.2 Å². The molecule has 0 saturated carbocycles. The van der Waals surface area contributed by atoms with E-state index in [0.717, 1.165) is 31.2 Å². The summed E-state index contributed by atoms with van der Waals surface area (Å²) in [7, 11) is 0. The average Bonchev–Trinajstić information content (AvgIpc) is 2.87. The molecule has 0 spiro atoms. The lowest BCUT2D eigenvalue weighted by molar-refractivity contribution is 0.0854. The Bertz CT molecular complexity index is 296. The predicted molar refractivity (Wildman–Crippen MR) is 51.2 cm³/mol. The monoisotopic (exact) mass is 213 g/mol. The van der Waals surface area contributed by atoms with Crippen LogP contribution in [0.1, 0.15) is 23.3 Å². The van der Waals surface area contributed by atoms with Crippen molar-refractivity contribution in [2.24, 2.45) is 0 Å². The van der Waals surface area contributed by atoms with Crippen LogP contribution >= 0.6 is 11.7 Å². The number of carbonyl (C=O) groups excluding carboxylic acids is 1. The summed E-state index contributed by atoms with van der Waals surface area (Å²) in [5.41, 5.74) is 0.382. The van der Waals surface area contributed by atoms with E-state index in [1.165, 1.54) is 6.20 Å². The van der Waals surface area contributed by atoms with Crippen LogP contribution in [-0.2, 0) is 4.74 Å². The minimum absolute atomic E-state index is 0.172. The molecule has 0 bridgehead atoms. The summed E-state index contributed by atoms with van der Waals surface area (Å²) in [6, 6.07) is 0. The second-order valence-corrected chi connectivity index (χ2v) is 3.69. The van der Waals surface area contributed by atoms with Crippen molar-refractivity contribution in [2.75, 3.05) is 13.2 Å². The molecule has 1 saturated heterocycles. The van der Waals surface area contributed by atoms with Gasteiger partial charge in [-0.1, -0.05) is 0 Å². The third-order valence-corrected chi connectivity index (χ3v) is 2.59. The maximum atomic E-state index is 11.4. The molecule has 1 aromatic heterocycles. The van der Waals surface area contributed by atoms with E-state index in [4.69, 9.17) is 4.74 Å². The molecule has 2 rings (SSSR count). The fraction of sp³-hybridized carbons (Fsp3) is 0.625. The van der Waals surface area contributed by atoms with Crippen LogP contribution in [0.25, 0.3) is 0 Å². The Morgan fingerprint density at radius 2 is 2.71 bits per heavy atom. The Morgan fingerprint density at radius 1 is 1.79 bits per heavy atom. The van der Waals surface area contributed by atoms with Gasteiger partial charge in [-0.15, -0.1) is 0 Å². The third kappa shape index (κ3) is 2.27. The summed E-state index contributed by atoms with van der Waals surface area (Å²) < 4.78 is 13.0. The number of ether oxygens (including phenoxy) is 1. The van der Waals surface area contributed by atoms with Crippen LogP contribution < -0.4 is 5.32 Å². The number of aromatic nitrogens is 2. The van der Waals surface area contributed by atoms with E-state index in [1.54, 1.807) is 0 Å². The smallest absolute Gasteiger partial charge is 0.272 e. The van der Waals surface area contributed by atoms with Gasteiger partial charge in [0.15, 0.2) is 5.69 Å². The molecule has 0 aliphatic carbocycles. The Morgan fingerprint density at radius 3 is 3.36 bits per heavy atom. The van der Waals surface area contributed by atoms with Crippen molar-refractivity contribution in [3.8, 4) is 0 Å². The van der Waals surface area contributed by atoms with Gasteiger partial charge < -0.3 is 10.1 Å². The molecule has 1 N–H and O–H groups in total. The number of hydrogen-bond acceptors (Lipinski definition) is 5. The fourth-order valence-electron chi connectivity index (χ4n) is 1.37. The number of carbonyl (C=O) groups is 1. The molecule has 1 amide bonds. The highest BCUT2D eigenvalue weighted by Crippen LogP contribution is 2.10. The molecular weight excluding hydrogens is 202 g/mol. The highest BCUT2D eigenvalue weighted by Gasteiger charge is 2.17. The van der Waals surface area contributed by atoms with Crippen LogP contribution in [0.3, 0.4) is 0 Å². The zero-order valence-electron chi connectivity index (χ0n) is 7.60. The predicted octanol–water partition coefficient (Wildman–Crippen LogP) is 0.447. The summed E-state index contributed by atoms with van der Waals surface area (Å²) in [5.74, 6) is -0.172. The lowest BCUT2D eigenvalue weighted by atomic mass is 10.2. The van der Waals surface area contributed by atoms with E-state index in [9.17, 15) is 4.79 Å². The topological polar surface area (TPSA) is 64.1 Å². The van der Waals surface area contributed by atoms with E-state index >= 15 is 0 Å². The maximum Gasteiger partial charge on any atom is 0.272 e. The van der Waals surface area contributed by atoms with Crippen molar-refractivity contribution in [1.82, 2.24) is 14.1 Å². The minimum atomic E-state index is -0.172. The van der Waals surface area contributed by atoms with Crippen LogP contribution in [0.5, 0.6) is 0 Å². The lowest BCUT2D eigenvalue weighted by Gasteiger charge is -2.09. The zero-order chi connectivity index (χ0) is 9.80. The highest BCUT2D eigenvalue weighted by molar-refractivity contribution is 6.99. The molecule has 5 nitrogen and oxygen atoms in total. The quantitative estimate of drug-likeness (QED) is 0.791. The molecule has 0 radical (unpaired) electrons. The molecular formula is C8H11N3O2S. The van der Waals surface area contributed by atoms with Crippen molar-refractivity contribution in [1.29, 1.82) is 0 Å². The molecule has 0 aromatic carbocycles. The van der Waals surface area contributed by atoms with Crippen LogP contribution in [0, 0.1) is 0 Å². The van der Waals surface area contributed by atoms with Crippen molar-refractivity contribution < 1.29 is 9.53 Å². The van der Waals surface area contributed by atoms with Gasteiger partial charge in [-0.3, -0.25) is 4.79 Å². The van der Waals surface area contributed by atoms with Gasteiger partial charge in [-0.2, -0.15) is 8.75 Å². The standard InChI is InChI=1S/C8H11N3O2S/c12-8(7-5-10-14-11-7)9-4-6-2-1-3-13-6/h5-6H,1-4H2,(H,9,12)/t6-/m1/s1. The molecule has 1 aromatic rings. The second-order valence-electron chi connectivity index (χ2n) is 3.14. The normalized spacial score (nSPS) is 21.0. The van der Waals surface area contributed by atoms with Gasteiger partial charge in [0.25, 0.3) is 5.91 Å². The van der Waals surface area contributed by atoms with Crippen molar-refractivity contribution in [3.05, 3.63) is 11.9 Å². The van der Waals surface area contributed by atoms with Crippen LogP contribution in [0.2, 0.25) is 0 Å². The van der Waals surface area contributed by atoms with Gasteiger partial charge in [-0.25, -0.2) is 0 Å². The molecule has 14 heavy (non-hydrogen) atoms. The van der Waals surface area contributed by atoms with Crippen LogP contribution in [0.15, 0.2) is 6.20 Å². The summed E-state index contributed by atoms with van der Waals surface area (Å²) in [5, 5.41) is 2.77. The zero-order valence-corrected chi connectivity index (χ0v) is 8.42. The Hall–Kier alpha value is -1.01. The summed E-state index contributed by atoms with van der Waals surface area (Å²) in [6.45, 7) is 1.37. The lowest BCUT2D eigenvalue weighted by Crippen LogP contribution is -2.31. The Labute approximate surface area is 85.8 Å². The number of hydrogen-bond donors (Lipinski definition) is 1. The third-order valence-electron chi connectivity index (χ3n) is 2.11. The second kappa shape index (κ2) is 4.47. The molecule has 1 atom stereocenters. The van der Waals surface area contributed by atoms with Gasteiger partial charge >= 0.3 is 0 Å². The van der Waals surface area contributed by atoms with E-state index in [1.807, 2.05) is 0 Å². The van der Waals surface area contributed by atoms with Crippen molar-refractivity contribution in [2.45, 2.75) is 18.9 Å². The fourth-order valence-corrected chi connectivity index (χ4v) is 1.78. The van der Waals surface area contributed by atoms with Gasteiger partial charge in [0, 0.05) is 13.2 Å². The first-order valence-corrected chi connectivity index (χ1v) is 5.26. The number of amides is 1. The van der Waals surface area contributed by atoms with Crippen molar-refractivity contribution in [3.63, 3.8) is 0 Å². The molecule has 2 heterocycles. The highest BCUT2D eigenvalue weighted by atomic mass is 32.1. The van der Waals surface area contributed by atoms with Crippen molar-refractivity contribution >= 4 is 17.6 Å². The summed E-state index contributed by atoms with van der Waals surface area (Å²) in [4.78, 5) is 11.4. The van der Waals surface area contributed by atoms with Gasteiger partial charge in [0.05, 0.1) is 24.0 Å². The van der Waals surface area contributed by atoms with E-state index in [2.05, 4.69) is 14.1 Å². The van der Waals surface area contributed by atoms with E-state index in [-0.39, 0.29) is 12.0 Å². The first-order chi connectivity index (χ1) is 6.86. The molecule has 1 aliphatic rings. The molecule has 76 valence electrons. The Kier molecular flexibility index (Phi) is 3.05. The minimum Gasteiger partial charge on any atom is -0.376 e. The first kappa shape index (κ1) is 9.54. The summed E-state index contributed by atoms with van der Waals surface area (Å²) in [6.07, 6.45) is 3.75. The largest absolute Gasteiger partial charge is 0.376 e. The molecule has 6 heteroatoms. The Balaban J connectivity index is 1.78.